The average Bonchev–Trinajstić information content (AvgIpc) is 3.11. The molecule has 1 atom stereocenters. The Balaban J connectivity index is 1.46. The van der Waals surface area contributed by atoms with Crippen LogP contribution in [-0.4, -0.2) is 45.2 Å². The van der Waals surface area contributed by atoms with Crippen LogP contribution in [0.4, 0.5) is 13.2 Å². The number of alkyl halides is 3. The number of ether oxygens (including phenoxy) is 1. The van der Waals surface area contributed by atoms with Crippen LogP contribution in [0.2, 0.25) is 0 Å². The van der Waals surface area contributed by atoms with Gasteiger partial charge in [-0.2, -0.15) is 10.4 Å². The first-order chi connectivity index (χ1) is 14.3. The summed E-state index contributed by atoms with van der Waals surface area (Å²) in [4.78, 5) is 6.58. The summed E-state index contributed by atoms with van der Waals surface area (Å²) in [6.45, 7) is 4.54. The lowest BCUT2D eigenvalue weighted by Gasteiger charge is -2.29. The van der Waals surface area contributed by atoms with Crippen LogP contribution in [0.1, 0.15) is 17.7 Å². The van der Waals surface area contributed by atoms with Crippen molar-refractivity contribution in [3.8, 4) is 17.5 Å². The van der Waals surface area contributed by atoms with E-state index in [1.807, 2.05) is 35.9 Å². The van der Waals surface area contributed by atoms with Gasteiger partial charge in [-0.05, 0) is 30.2 Å². The maximum absolute atomic E-state index is 12.5. The van der Waals surface area contributed by atoms with Crippen LogP contribution in [0.15, 0.2) is 47.7 Å². The second-order valence-corrected chi connectivity index (χ2v) is 7.40. The second kappa shape index (κ2) is 8.05. The zero-order chi connectivity index (χ0) is 21.3. The molecular formula is C21H20F3N5O. The number of aromatic nitrogens is 3. The lowest BCUT2D eigenvalue weighted by Crippen LogP contribution is -2.35. The molecule has 3 heterocycles. The zero-order valence-corrected chi connectivity index (χ0v) is 16.4. The highest BCUT2D eigenvalue weighted by Crippen LogP contribution is 2.29. The number of nitrogens with zero attached hydrogens (tertiary/aromatic N) is 5. The number of rotatable bonds is 4. The molecule has 0 spiro atoms. The van der Waals surface area contributed by atoms with Crippen LogP contribution in [0, 0.1) is 18.3 Å². The van der Waals surface area contributed by atoms with Crippen LogP contribution >= 0.6 is 0 Å². The van der Waals surface area contributed by atoms with Crippen molar-refractivity contribution in [2.45, 2.75) is 38.9 Å². The largest absolute Gasteiger partial charge is 0.523 e. The Labute approximate surface area is 171 Å². The number of halogens is 3. The van der Waals surface area contributed by atoms with Crippen molar-refractivity contribution >= 4 is 0 Å². The number of fused-ring (bicyclic) bond motifs is 1. The molecule has 6 nitrogen and oxygen atoms in total. The molecule has 9 heteroatoms. The van der Waals surface area contributed by atoms with Gasteiger partial charge in [0, 0.05) is 37.8 Å². The Morgan fingerprint density at radius 2 is 2.17 bits per heavy atom. The van der Waals surface area contributed by atoms with Gasteiger partial charge in [0.05, 0.1) is 30.1 Å². The highest BCUT2D eigenvalue weighted by Gasteiger charge is 2.34. The van der Waals surface area contributed by atoms with Gasteiger partial charge in [0.25, 0.3) is 0 Å². The Hall–Kier alpha value is -2.96. The van der Waals surface area contributed by atoms with E-state index in [1.165, 1.54) is 6.08 Å². The number of nitriles is 1. The van der Waals surface area contributed by atoms with Crippen molar-refractivity contribution in [3.05, 3.63) is 59.0 Å². The van der Waals surface area contributed by atoms with Gasteiger partial charge < -0.3 is 0 Å². The van der Waals surface area contributed by atoms with E-state index in [-0.39, 0.29) is 6.42 Å². The van der Waals surface area contributed by atoms with Crippen LogP contribution in [-0.2, 0) is 17.8 Å². The molecule has 2 aromatic heterocycles. The third-order valence-electron chi connectivity index (χ3n) is 5.25. The first kappa shape index (κ1) is 20.3. The fourth-order valence-corrected chi connectivity index (χ4v) is 3.81. The lowest BCUT2D eigenvalue weighted by atomic mass is 9.96. The van der Waals surface area contributed by atoms with Crippen molar-refractivity contribution in [2.75, 3.05) is 13.1 Å². The molecule has 30 heavy (non-hydrogen) atoms. The predicted molar refractivity (Wildman–Crippen MR) is 103 cm³/mol. The summed E-state index contributed by atoms with van der Waals surface area (Å²) in [6, 6.07) is 7.94. The Morgan fingerprint density at radius 1 is 1.33 bits per heavy atom. The van der Waals surface area contributed by atoms with E-state index < -0.39 is 12.5 Å². The summed E-state index contributed by atoms with van der Waals surface area (Å²) in [7, 11) is 0. The van der Waals surface area contributed by atoms with E-state index in [0.717, 1.165) is 34.8 Å². The molecule has 0 bridgehead atoms. The number of hydrogen-bond acceptors (Lipinski definition) is 5. The van der Waals surface area contributed by atoms with Gasteiger partial charge in [-0.1, -0.05) is 18.2 Å². The smallest absolute Gasteiger partial charge is 0.291 e. The number of pyridine rings is 1. The summed E-state index contributed by atoms with van der Waals surface area (Å²) in [5.74, 6) is 0. The summed E-state index contributed by atoms with van der Waals surface area (Å²) in [6.07, 6.45) is -1.25. The van der Waals surface area contributed by atoms with Gasteiger partial charge >= 0.3 is 6.36 Å². The van der Waals surface area contributed by atoms with Crippen molar-refractivity contribution in [3.63, 3.8) is 0 Å². The van der Waals surface area contributed by atoms with E-state index in [9.17, 15) is 18.4 Å². The normalized spacial score (nSPS) is 19.6. The molecule has 0 amide bonds. The van der Waals surface area contributed by atoms with Gasteiger partial charge in [0.15, 0.2) is 0 Å². The third kappa shape index (κ3) is 4.45. The van der Waals surface area contributed by atoms with E-state index in [0.29, 0.717) is 25.2 Å². The molecule has 4 rings (SSSR count). The fourth-order valence-electron chi connectivity index (χ4n) is 3.81. The topological polar surface area (TPSA) is 67.0 Å². The molecule has 2 aromatic rings. The molecule has 1 aliphatic carbocycles. The monoisotopic (exact) mass is 415 g/mol. The highest BCUT2D eigenvalue weighted by molar-refractivity contribution is 5.58. The zero-order valence-electron chi connectivity index (χ0n) is 16.4. The molecule has 0 fully saturated rings. The standard InChI is InChI=1S/C21H20F3N5O/c1-14-3-2-6-26-20(14)19-10-17-13-28(7-8-29(17)27-19)12-15-4-5-18(9-16(15)11-25)30-21(22,23)24/h2-6,10,18H,7-9,12-13H2,1H3. The van der Waals surface area contributed by atoms with E-state index >= 15 is 0 Å². The molecule has 2 aliphatic rings. The minimum atomic E-state index is -4.72. The number of aryl methyl sites for hydroxylation is 1. The minimum Gasteiger partial charge on any atom is -0.291 e. The van der Waals surface area contributed by atoms with Crippen molar-refractivity contribution < 1.29 is 17.9 Å². The lowest BCUT2D eigenvalue weighted by molar-refractivity contribution is -0.336. The Morgan fingerprint density at radius 3 is 2.90 bits per heavy atom. The van der Waals surface area contributed by atoms with Gasteiger partial charge in [-0.25, -0.2) is 0 Å². The van der Waals surface area contributed by atoms with E-state index in [4.69, 9.17) is 0 Å². The van der Waals surface area contributed by atoms with Crippen LogP contribution in [0.5, 0.6) is 0 Å². The summed E-state index contributed by atoms with van der Waals surface area (Å²) in [5, 5.41) is 14.1. The van der Waals surface area contributed by atoms with Crippen molar-refractivity contribution in [1.29, 1.82) is 5.26 Å². The maximum atomic E-state index is 12.5. The first-order valence-corrected chi connectivity index (χ1v) is 9.58. The molecular weight excluding hydrogens is 395 g/mol. The molecule has 0 N–H and O–H groups in total. The summed E-state index contributed by atoms with van der Waals surface area (Å²) in [5.41, 5.74) is 4.83. The Kier molecular flexibility index (Phi) is 5.45. The first-order valence-electron chi connectivity index (χ1n) is 9.58. The molecule has 156 valence electrons. The van der Waals surface area contributed by atoms with Crippen LogP contribution in [0.25, 0.3) is 11.4 Å². The molecule has 0 saturated heterocycles. The van der Waals surface area contributed by atoms with Crippen molar-refractivity contribution in [2.24, 2.45) is 0 Å². The fraction of sp³-hybridized carbons (Fsp3) is 0.381. The minimum absolute atomic E-state index is 0.0727. The summed E-state index contributed by atoms with van der Waals surface area (Å²) >= 11 is 0. The van der Waals surface area contributed by atoms with Gasteiger partial charge in [-0.15, -0.1) is 13.2 Å². The van der Waals surface area contributed by atoms with Gasteiger partial charge in [-0.3, -0.25) is 19.3 Å². The molecule has 0 aromatic carbocycles. The van der Waals surface area contributed by atoms with Crippen molar-refractivity contribution in [1.82, 2.24) is 19.7 Å². The number of hydrogen-bond donors (Lipinski definition) is 0. The molecule has 1 aliphatic heterocycles. The average molecular weight is 415 g/mol. The van der Waals surface area contributed by atoms with Gasteiger partial charge in [0.2, 0.25) is 0 Å². The molecule has 0 saturated carbocycles. The van der Waals surface area contributed by atoms with Crippen LogP contribution in [0.3, 0.4) is 0 Å². The van der Waals surface area contributed by atoms with Gasteiger partial charge in [0.1, 0.15) is 5.69 Å². The van der Waals surface area contributed by atoms with Crippen LogP contribution < -0.4 is 0 Å². The second-order valence-electron chi connectivity index (χ2n) is 7.40. The van der Waals surface area contributed by atoms with E-state index in [2.05, 4.69) is 19.7 Å². The highest BCUT2D eigenvalue weighted by atomic mass is 19.4. The third-order valence-corrected chi connectivity index (χ3v) is 5.25. The SMILES string of the molecule is Cc1cccnc1-c1cc2n(n1)CCN(CC1=C(C#N)CC(OC(F)(F)F)C=C1)C2. The molecule has 1 unspecified atom stereocenters. The maximum Gasteiger partial charge on any atom is 0.523 e. The molecule has 0 radical (unpaired) electrons. The quantitative estimate of drug-likeness (QED) is 0.761. The Bertz CT molecular complexity index is 1050. The summed E-state index contributed by atoms with van der Waals surface area (Å²) < 4.78 is 43.4. The van der Waals surface area contributed by atoms with E-state index in [1.54, 1.807) is 12.3 Å². The predicted octanol–water partition coefficient (Wildman–Crippen LogP) is 3.75.